The Balaban J connectivity index is 1.80. The molecule has 2 heterocycles. The van der Waals surface area contributed by atoms with Gasteiger partial charge in [0.15, 0.2) is 6.10 Å². The van der Waals surface area contributed by atoms with E-state index >= 15 is 0 Å². The van der Waals surface area contributed by atoms with Gasteiger partial charge in [-0.05, 0) is 87.4 Å². The van der Waals surface area contributed by atoms with Gasteiger partial charge in [0.2, 0.25) is 0 Å². The second kappa shape index (κ2) is 13.8. The number of methoxy groups -OCH3 is 1. The number of carboxylic acids is 1. The molecule has 0 amide bonds. The average molecular weight is 605 g/mol. The number of carboxylic acid groups (broad SMARTS) is 1. The molecule has 8 heteroatoms. The van der Waals surface area contributed by atoms with Crippen LogP contribution in [0.4, 0.5) is 10.1 Å². The van der Waals surface area contributed by atoms with E-state index in [1.54, 1.807) is 25.5 Å². The molecule has 0 radical (unpaired) electrons. The molecule has 0 bridgehead atoms. The van der Waals surface area contributed by atoms with E-state index in [0.717, 1.165) is 48.3 Å². The normalized spacial score (nSPS) is 15.8. The number of aromatic nitrogens is 1. The van der Waals surface area contributed by atoms with Crippen LogP contribution in [0.2, 0.25) is 0 Å². The molecule has 0 spiro atoms. The summed E-state index contributed by atoms with van der Waals surface area (Å²) in [5.41, 5.74) is 4.86. The lowest BCUT2D eigenvalue weighted by atomic mass is 9.81. The SMILES string of the molecule is COC=Cc1nc(C)c([C@H](OC(C)(C)C)C(=O)O)c(N2CCC(C)(C)CC2)c1-c1ccc(OCCc2ccc(F)cc2)cc1. The van der Waals surface area contributed by atoms with E-state index < -0.39 is 17.7 Å². The molecule has 3 aromatic rings. The van der Waals surface area contributed by atoms with Crippen LogP contribution >= 0.6 is 0 Å². The Bertz CT molecular complexity index is 1450. The van der Waals surface area contributed by atoms with Crippen LogP contribution in [0.25, 0.3) is 17.2 Å². The monoisotopic (exact) mass is 604 g/mol. The van der Waals surface area contributed by atoms with Crippen LogP contribution in [-0.2, 0) is 20.7 Å². The van der Waals surface area contributed by atoms with E-state index in [1.165, 1.54) is 12.1 Å². The van der Waals surface area contributed by atoms with E-state index in [4.69, 9.17) is 19.2 Å². The molecule has 1 N–H and O–H groups in total. The highest BCUT2D eigenvalue weighted by Crippen LogP contribution is 2.45. The number of ether oxygens (including phenoxy) is 3. The van der Waals surface area contributed by atoms with E-state index in [1.807, 2.05) is 58.0 Å². The molecule has 1 aliphatic heterocycles. The molecular weight excluding hydrogens is 559 g/mol. The number of halogens is 1. The van der Waals surface area contributed by atoms with Crippen molar-refractivity contribution in [3.8, 4) is 16.9 Å². The van der Waals surface area contributed by atoms with Crippen molar-refractivity contribution >= 4 is 17.7 Å². The number of hydrogen-bond acceptors (Lipinski definition) is 6. The van der Waals surface area contributed by atoms with Gasteiger partial charge in [-0.1, -0.05) is 38.1 Å². The van der Waals surface area contributed by atoms with Crippen LogP contribution in [0.15, 0.2) is 54.8 Å². The van der Waals surface area contributed by atoms with E-state index in [9.17, 15) is 14.3 Å². The fourth-order valence-electron chi connectivity index (χ4n) is 5.48. The summed E-state index contributed by atoms with van der Waals surface area (Å²) in [5, 5.41) is 10.5. The summed E-state index contributed by atoms with van der Waals surface area (Å²) in [7, 11) is 1.58. The van der Waals surface area contributed by atoms with Crippen LogP contribution in [0.3, 0.4) is 0 Å². The Morgan fingerprint density at radius 1 is 1.09 bits per heavy atom. The fraction of sp³-hybridized carbons (Fsp3) is 0.444. The van der Waals surface area contributed by atoms with Crippen molar-refractivity contribution in [1.82, 2.24) is 4.98 Å². The molecule has 44 heavy (non-hydrogen) atoms. The van der Waals surface area contributed by atoms with Crippen molar-refractivity contribution in [2.45, 2.75) is 72.5 Å². The zero-order valence-electron chi connectivity index (χ0n) is 26.9. The maximum Gasteiger partial charge on any atom is 0.337 e. The average Bonchev–Trinajstić information content (AvgIpc) is 2.96. The molecular formula is C36H45FN2O5. The van der Waals surface area contributed by atoms with Crippen LogP contribution in [0.1, 0.15) is 76.1 Å². The van der Waals surface area contributed by atoms with Crippen LogP contribution < -0.4 is 9.64 Å². The third-order valence-electron chi connectivity index (χ3n) is 7.89. The molecule has 2 aromatic carbocycles. The number of piperidine rings is 1. The number of carbonyl (C=O) groups is 1. The maximum atomic E-state index is 13.2. The van der Waals surface area contributed by atoms with Gasteiger partial charge >= 0.3 is 5.97 Å². The Morgan fingerprint density at radius 2 is 1.73 bits per heavy atom. The Hall–Kier alpha value is -3.91. The topological polar surface area (TPSA) is 81.1 Å². The molecule has 1 saturated heterocycles. The minimum Gasteiger partial charge on any atom is -0.504 e. The van der Waals surface area contributed by atoms with Gasteiger partial charge in [-0.2, -0.15) is 0 Å². The van der Waals surface area contributed by atoms with Crippen molar-refractivity contribution in [1.29, 1.82) is 0 Å². The number of nitrogens with zero attached hydrogens (tertiary/aromatic N) is 2. The third-order valence-corrected chi connectivity index (χ3v) is 7.89. The highest BCUT2D eigenvalue weighted by Gasteiger charge is 2.36. The van der Waals surface area contributed by atoms with Crippen LogP contribution in [-0.4, -0.2) is 48.5 Å². The van der Waals surface area contributed by atoms with Crippen LogP contribution in [0, 0.1) is 18.2 Å². The summed E-state index contributed by atoms with van der Waals surface area (Å²) in [6.07, 6.45) is 4.78. The molecule has 0 unspecified atom stereocenters. The molecule has 4 rings (SSSR count). The predicted octanol–water partition coefficient (Wildman–Crippen LogP) is 8.00. The van der Waals surface area contributed by atoms with Crippen molar-refractivity contribution in [3.05, 3.63) is 83.1 Å². The first-order chi connectivity index (χ1) is 20.8. The first-order valence-electron chi connectivity index (χ1n) is 15.1. The number of aryl methyl sites for hydroxylation is 1. The molecule has 236 valence electrons. The second-order valence-electron chi connectivity index (χ2n) is 13.1. The van der Waals surface area contributed by atoms with Gasteiger partial charge in [0.05, 0.1) is 37.0 Å². The zero-order chi connectivity index (χ0) is 32.1. The van der Waals surface area contributed by atoms with Crippen molar-refractivity contribution < 1.29 is 28.5 Å². The van der Waals surface area contributed by atoms with Gasteiger partial charge in [-0.3, -0.25) is 4.98 Å². The summed E-state index contributed by atoms with van der Waals surface area (Å²) < 4.78 is 30.7. The first-order valence-corrected chi connectivity index (χ1v) is 15.1. The summed E-state index contributed by atoms with van der Waals surface area (Å²) in [6.45, 7) is 14.0. The molecule has 7 nitrogen and oxygen atoms in total. The Morgan fingerprint density at radius 3 is 2.30 bits per heavy atom. The quantitative estimate of drug-likeness (QED) is 0.222. The molecule has 1 aliphatic rings. The first kappa shape index (κ1) is 33.0. The minimum atomic E-state index is -1.21. The van der Waals surface area contributed by atoms with Gasteiger partial charge in [0, 0.05) is 36.3 Å². The number of benzene rings is 2. The van der Waals surface area contributed by atoms with Crippen molar-refractivity contribution in [2.75, 3.05) is 31.7 Å². The van der Waals surface area contributed by atoms with Gasteiger partial charge in [-0.25, -0.2) is 9.18 Å². The second-order valence-corrected chi connectivity index (χ2v) is 13.1. The van der Waals surface area contributed by atoms with Gasteiger partial charge < -0.3 is 24.2 Å². The van der Waals surface area contributed by atoms with E-state index in [0.29, 0.717) is 35.7 Å². The molecule has 0 aliphatic carbocycles. The molecule has 1 atom stereocenters. The minimum absolute atomic E-state index is 0.193. The largest absolute Gasteiger partial charge is 0.504 e. The number of rotatable bonds is 11. The Labute approximate surface area is 260 Å². The highest BCUT2D eigenvalue weighted by molar-refractivity contribution is 5.90. The Kier molecular flexibility index (Phi) is 10.4. The molecule has 0 saturated carbocycles. The maximum absolute atomic E-state index is 13.2. The molecule has 1 aromatic heterocycles. The van der Waals surface area contributed by atoms with E-state index in [2.05, 4.69) is 18.7 Å². The molecule has 1 fully saturated rings. The van der Waals surface area contributed by atoms with Gasteiger partial charge in [-0.15, -0.1) is 0 Å². The lowest BCUT2D eigenvalue weighted by Gasteiger charge is -2.41. The van der Waals surface area contributed by atoms with Gasteiger partial charge in [0.25, 0.3) is 0 Å². The highest BCUT2D eigenvalue weighted by atomic mass is 19.1. The number of anilines is 1. The lowest BCUT2D eigenvalue weighted by Crippen LogP contribution is -2.39. The number of pyridine rings is 1. The summed E-state index contributed by atoms with van der Waals surface area (Å²) in [5.74, 6) is -0.614. The summed E-state index contributed by atoms with van der Waals surface area (Å²) in [4.78, 5) is 20.0. The van der Waals surface area contributed by atoms with Gasteiger partial charge in [0.1, 0.15) is 11.6 Å². The zero-order valence-corrected chi connectivity index (χ0v) is 26.9. The smallest absolute Gasteiger partial charge is 0.337 e. The third kappa shape index (κ3) is 8.38. The fourth-order valence-corrected chi connectivity index (χ4v) is 5.48. The van der Waals surface area contributed by atoms with Crippen LogP contribution in [0.5, 0.6) is 5.75 Å². The number of hydrogen-bond donors (Lipinski definition) is 1. The summed E-state index contributed by atoms with van der Waals surface area (Å²) in [6, 6.07) is 14.2. The van der Waals surface area contributed by atoms with Crippen molar-refractivity contribution in [2.24, 2.45) is 5.41 Å². The van der Waals surface area contributed by atoms with Crippen molar-refractivity contribution in [3.63, 3.8) is 0 Å². The number of aliphatic carboxylic acids is 1. The predicted molar refractivity (Wildman–Crippen MR) is 172 cm³/mol. The standard InChI is InChI=1S/C36H45FN2O5/c1-24-30(33(34(40)41)44-35(2,3)4)32(39-20-18-36(5,6)19-21-39)31(29(38-24)17-22-42-7)26-10-14-28(15-11-26)43-23-16-25-8-12-27(37)13-9-25/h8-15,17,22,33H,16,18-21,23H2,1-7H3,(H,40,41)/t33-/m0/s1. The summed E-state index contributed by atoms with van der Waals surface area (Å²) >= 11 is 0. The lowest BCUT2D eigenvalue weighted by molar-refractivity contribution is -0.160. The van der Waals surface area contributed by atoms with E-state index in [-0.39, 0.29) is 11.2 Å².